The van der Waals surface area contributed by atoms with Crippen LogP contribution in [0.3, 0.4) is 0 Å². The molecule has 4 atom stereocenters. The third-order valence-corrected chi connectivity index (χ3v) is 6.83. The molecule has 2 aliphatic rings. The van der Waals surface area contributed by atoms with E-state index in [4.69, 9.17) is 17.3 Å². The number of carbonyl (C=O) groups excluding carboxylic acids is 2. The number of nitriles is 1. The van der Waals surface area contributed by atoms with Gasteiger partial charge in [0.2, 0.25) is 5.91 Å². The van der Waals surface area contributed by atoms with Gasteiger partial charge in [-0.05, 0) is 47.5 Å². The fraction of sp³-hybridized carbons (Fsp3) is 0.154. The number of ketones is 1. The lowest BCUT2D eigenvalue weighted by Crippen LogP contribution is -2.49. The molecular formula is C26H19ClN4O2. The molecule has 0 saturated carbocycles. The van der Waals surface area contributed by atoms with Crippen LogP contribution in [0.4, 0.5) is 5.69 Å². The summed E-state index contributed by atoms with van der Waals surface area (Å²) in [5.74, 6) is -1.84. The second kappa shape index (κ2) is 7.88. The molecule has 1 aromatic heterocycles. The van der Waals surface area contributed by atoms with Gasteiger partial charge < -0.3 is 10.6 Å². The maximum absolute atomic E-state index is 14.0. The Balaban J connectivity index is 1.80. The highest BCUT2D eigenvalue weighted by molar-refractivity contribution is 6.30. The van der Waals surface area contributed by atoms with Gasteiger partial charge in [-0.2, -0.15) is 5.26 Å². The molecule has 1 saturated heterocycles. The standard InChI is InChI=1S/C26H19ClN4O2/c27-19-10-7-17(8-11-19)24(32)23-22(18-5-3-13-30-14-18)26(15-28,25(29)33)21-12-9-16-4-1-2-6-20(16)31(21)23/h1-14,21-23H,(H2,29,33)/t21-,22+,23+,26+/m1/s1. The normalized spacial score (nSPS) is 25.1. The number of benzene rings is 2. The van der Waals surface area contributed by atoms with Crippen LogP contribution in [0.1, 0.15) is 27.4 Å². The van der Waals surface area contributed by atoms with E-state index in [1.54, 1.807) is 54.9 Å². The van der Waals surface area contributed by atoms with Crippen LogP contribution in [0, 0.1) is 16.7 Å². The molecular weight excluding hydrogens is 436 g/mol. The van der Waals surface area contributed by atoms with Gasteiger partial charge in [0, 0.05) is 34.6 Å². The van der Waals surface area contributed by atoms with Gasteiger partial charge >= 0.3 is 0 Å². The van der Waals surface area contributed by atoms with Crippen molar-refractivity contribution in [2.45, 2.75) is 18.0 Å². The highest BCUT2D eigenvalue weighted by Gasteiger charge is 2.65. The summed E-state index contributed by atoms with van der Waals surface area (Å²) in [4.78, 5) is 33.2. The predicted molar refractivity (Wildman–Crippen MR) is 126 cm³/mol. The number of nitrogens with two attached hydrogens (primary N) is 1. The number of anilines is 1. The lowest BCUT2D eigenvalue weighted by Gasteiger charge is -2.36. The van der Waals surface area contributed by atoms with Gasteiger partial charge in [-0.1, -0.05) is 48.0 Å². The minimum atomic E-state index is -1.68. The molecule has 7 heteroatoms. The first-order chi connectivity index (χ1) is 16.0. The Morgan fingerprint density at radius 1 is 1.09 bits per heavy atom. The van der Waals surface area contributed by atoms with Crippen LogP contribution < -0.4 is 10.6 Å². The van der Waals surface area contributed by atoms with E-state index >= 15 is 0 Å². The van der Waals surface area contributed by atoms with E-state index in [1.807, 2.05) is 35.2 Å². The quantitative estimate of drug-likeness (QED) is 0.601. The van der Waals surface area contributed by atoms with Gasteiger partial charge in [-0.15, -0.1) is 0 Å². The zero-order chi connectivity index (χ0) is 23.2. The molecule has 1 fully saturated rings. The molecule has 6 nitrogen and oxygen atoms in total. The third-order valence-electron chi connectivity index (χ3n) is 6.58. The fourth-order valence-corrected chi connectivity index (χ4v) is 5.27. The van der Waals surface area contributed by atoms with Crippen molar-refractivity contribution in [3.8, 4) is 6.07 Å². The molecule has 0 bridgehead atoms. The van der Waals surface area contributed by atoms with Crippen molar-refractivity contribution in [3.63, 3.8) is 0 Å². The van der Waals surface area contributed by atoms with Gasteiger partial charge in [0.25, 0.3) is 0 Å². The minimum absolute atomic E-state index is 0.228. The molecule has 3 heterocycles. The lowest BCUT2D eigenvalue weighted by atomic mass is 9.68. The number of rotatable bonds is 4. The van der Waals surface area contributed by atoms with Crippen molar-refractivity contribution in [3.05, 3.63) is 101 Å². The molecule has 1 amide bonds. The second-order valence-electron chi connectivity index (χ2n) is 8.20. The van der Waals surface area contributed by atoms with Crippen LogP contribution in [-0.2, 0) is 4.79 Å². The average molecular weight is 455 g/mol. The summed E-state index contributed by atoms with van der Waals surface area (Å²) >= 11 is 6.04. The Hall–Kier alpha value is -3.95. The van der Waals surface area contributed by atoms with Crippen molar-refractivity contribution >= 4 is 35.1 Å². The number of fused-ring (bicyclic) bond motifs is 3. The summed E-state index contributed by atoms with van der Waals surface area (Å²) in [5.41, 5.74) is 6.96. The van der Waals surface area contributed by atoms with E-state index in [-0.39, 0.29) is 5.78 Å². The first kappa shape index (κ1) is 20.9. The zero-order valence-electron chi connectivity index (χ0n) is 17.4. The van der Waals surface area contributed by atoms with E-state index in [0.29, 0.717) is 16.1 Å². The van der Waals surface area contributed by atoms with Crippen LogP contribution in [0.2, 0.25) is 5.02 Å². The minimum Gasteiger partial charge on any atom is -0.368 e. The van der Waals surface area contributed by atoms with Gasteiger partial charge in [0.15, 0.2) is 11.2 Å². The predicted octanol–water partition coefficient (Wildman–Crippen LogP) is 3.98. The molecule has 0 radical (unpaired) electrons. The number of hydrogen-bond donors (Lipinski definition) is 1. The smallest absolute Gasteiger partial charge is 0.241 e. The second-order valence-corrected chi connectivity index (χ2v) is 8.63. The lowest BCUT2D eigenvalue weighted by molar-refractivity contribution is -0.125. The molecule has 2 aliphatic heterocycles. The summed E-state index contributed by atoms with van der Waals surface area (Å²) in [6, 6.07) is 18.4. The zero-order valence-corrected chi connectivity index (χ0v) is 18.2. The van der Waals surface area contributed by atoms with Gasteiger partial charge in [-0.25, -0.2) is 0 Å². The van der Waals surface area contributed by atoms with Gasteiger partial charge in [0.1, 0.15) is 6.04 Å². The van der Waals surface area contributed by atoms with Crippen LogP contribution in [0.5, 0.6) is 0 Å². The largest absolute Gasteiger partial charge is 0.368 e. The van der Waals surface area contributed by atoms with E-state index in [2.05, 4.69) is 11.1 Å². The highest BCUT2D eigenvalue weighted by Crippen LogP contribution is 2.55. The van der Waals surface area contributed by atoms with Gasteiger partial charge in [0.05, 0.1) is 12.1 Å². The number of para-hydroxylation sites is 1. The number of pyridine rings is 1. The van der Waals surface area contributed by atoms with Crippen molar-refractivity contribution < 1.29 is 9.59 Å². The SMILES string of the molecule is N#C[C@@]1(C(N)=O)[C@@H](c2cccnc2)[C@@H](C(=O)c2ccc(Cl)cc2)N2c3ccccc3C=C[C@@H]21. The molecule has 2 aromatic carbocycles. The number of amides is 1. The summed E-state index contributed by atoms with van der Waals surface area (Å²) in [6.45, 7) is 0. The molecule has 0 aliphatic carbocycles. The number of carbonyl (C=O) groups is 2. The Morgan fingerprint density at radius 3 is 2.52 bits per heavy atom. The number of Topliss-reactive ketones (excluding diaryl/α,β-unsaturated/α-hetero) is 1. The van der Waals surface area contributed by atoms with Crippen LogP contribution in [-0.4, -0.2) is 28.8 Å². The van der Waals surface area contributed by atoms with Crippen LogP contribution in [0.25, 0.3) is 6.08 Å². The molecule has 33 heavy (non-hydrogen) atoms. The maximum atomic E-state index is 14.0. The van der Waals surface area contributed by atoms with Crippen molar-refractivity contribution in [2.24, 2.45) is 11.1 Å². The first-order valence-corrected chi connectivity index (χ1v) is 10.8. The molecule has 2 N–H and O–H groups in total. The van der Waals surface area contributed by atoms with Crippen LogP contribution in [0.15, 0.2) is 79.1 Å². The molecule has 0 spiro atoms. The Morgan fingerprint density at radius 2 is 1.85 bits per heavy atom. The number of aromatic nitrogens is 1. The maximum Gasteiger partial charge on any atom is 0.241 e. The molecule has 3 aromatic rings. The van der Waals surface area contributed by atoms with Crippen LogP contribution >= 0.6 is 11.6 Å². The number of nitrogens with zero attached hydrogens (tertiary/aromatic N) is 3. The summed E-state index contributed by atoms with van der Waals surface area (Å²) in [7, 11) is 0. The Labute approximate surface area is 195 Å². The first-order valence-electron chi connectivity index (χ1n) is 10.5. The highest BCUT2D eigenvalue weighted by atomic mass is 35.5. The number of primary amides is 1. The summed E-state index contributed by atoms with van der Waals surface area (Å²) < 4.78 is 0. The van der Waals surface area contributed by atoms with E-state index in [9.17, 15) is 14.9 Å². The monoisotopic (exact) mass is 454 g/mol. The third kappa shape index (κ3) is 3.05. The molecule has 162 valence electrons. The van der Waals surface area contributed by atoms with E-state index in [0.717, 1.165) is 11.3 Å². The topological polar surface area (TPSA) is 100 Å². The number of halogens is 1. The average Bonchev–Trinajstić information content (AvgIpc) is 3.16. The summed E-state index contributed by atoms with van der Waals surface area (Å²) in [5, 5.41) is 11.0. The number of hydrogen-bond acceptors (Lipinski definition) is 5. The van der Waals surface area contributed by atoms with Crippen molar-refractivity contribution in [2.75, 3.05) is 4.90 Å². The molecule has 5 rings (SSSR count). The summed E-state index contributed by atoms with van der Waals surface area (Å²) in [6.07, 6.45) is 6.88. The van der Waals surface area contributed by atoms with E-state index < -0.39 is 29.3 Å². The van der Waals surface area contributed by atoms with Gasteiger partial charge in [-0.3, -0.25) is 14.6 Å². The fourth-order valence-electron chi connectivity index (χ4n) is 5.15. The van der Waals surface area contributed by atoms with Crippen molar-refractivity contribution in [1.82, 2.24) is 4.98 Å². The Bertz CT molecular complexity index is 1320. The van der Waals surface area contributed by atoms with Crippen molar-refractivity contribution in [1.29, 1.82) is 5.26 Å². The van der Waals surface area contributed by atoms with E-state index in [1.165, 1.54) is 0 Å². The Kier molecular flexibility index (Phi) is 4.99. The molecule has 0 unspecified atom stereocenters.